The Hall–Kier alpha value is -1.45. The topological polar surface area (TPSA) is 54.9 Å². The lowest BCUT2D eigenvalue weighted by atomic mass is 10.1. The third-order valence-electron chi connectivity index (χ3n) is 2.36. The molecule has 4 nitrogen and oxygen atoms in total. The second-order valence-electron chi connectivity index (χ2n) is 5.51. The molecule has 1 amide bonds. The van der Waals surface area contributed by atoms with Gasteiger partial charge in [-0.15, -0.1) is 0 Å². The largest absolute Gasteiger partial charge is 0.351 e. The predicted molar refractivity (Wildman–Crippen MR) is 72.2 cm³/mol. The summed E-state index contributed by atoms with van der Waals surface area (Å²) in [6.45, 7) is 8.05. The molecule has 0 bridgehead atoms. The van der Waals surface area contributed by atoms with Gasteiger partial charge in [0.2, 0.25) is 5.91 Å². The SMILES string of the molecule is CCCc1ccnc(CCC(=O)NC(C)(C)C)n1. The van der Waals surface area contributed by atoms with Crippen molar-refractivity contribution in [3.8, 4) is 0 Å². The first-order valence-electron chi connectivity index (χ1n) is 6.52. The van der Waals surface area contributed by atoms with E-state index in [-0.39, 0.29) is 11.4 Å². The summed E-state index contributed by atoms with van der Waals surface area (Å²) in [4.78, 5) is 20.3. The fraction of sp³-hybridized carbons (Fsp3) is 0.643. The van der Waals surface area contributed by atoms with Crippen molar-refractivity contribution in [1.82, 2.24) is 15.3 Å². The van der Waals surface area contributed by atoms with Gasteiger partial charge in [0.05, 0.1) is 0 Å². The summed E-state index contributed by atoms with van der Waals surface area (Å²) in [5.74, 6) is 0.803. The van der Waals surface area contributed by atoms with E-state index in [9.17, 15) is 4.79 Å². The molecule has 1 rings (SSSR count). The highest BCUT2D eigenvalue weighted by molar-refractivity contribution is 5.76. The number of hydrogen-bond acceptors (Lipinski definition) is 3. The Bertz CT molecular complexity index is 396. The number of nitrogens with one attached hydrogen (secondary N) is 1. The van der Waals surface area contributed by atoms with Crippen LogP contribution in [0.25, 0.3) is 0 Å². The number of rotatable bonds is 5. The number of carbonyl (C=O) groups is 1. The van der Waals surface area contributed by atoms with E-state index >= 15 is 0 Å². The van der Waals surface area contributed by atoms with Crippen molar-refractivity contribution in [1.29, 1.82) is 0 Å². The second-order valence-corrected chi connectivity index (χ2v) is 5.51. The smallest absolute Gasteiger partial charge is 0.220 e. The van der Waals surface area contributed by atoms with Gasteiger partial charge in [0.25, 0.3) is 0 Å². The summed E-state index contributed by atoms with van der Waals surface area (Å²) in [6, 6.07) is 1.93. The maximum atomic E-state index is 11.7. The first-order valence-corrected chi connectivity index (χ1v) is 6.52. The number of amides is 1. The number of nitrogens with zero attached hydrogens (tertiary/aromatic N) is 2. The minimum atomic E-state index is -0.179. The van der Waals surface area contributed by atoms with E-state index in [1.54, 1.807) is 6.20 Å². The third-order valence-corrected chi connectivity index (χ3v) is 2.36. The average molecular weight is 249 g/mol. The Labute approximate surface area is 109 Å². The fourth-order valence-corrected chi connectivity index (χ4v) is 1.66. The van der Waals surface area contributed by atoms with Gasteiger partial charge in [-0.05, 0) is 33.3 Å². The van der Waals surface area contributed by atoms with Gasteiger partial charge in [-0.25, -0.2) is 9.97 Å². The quantitative estimate of drug-likeness (QED) is 0.871. The summed E-state index contributed by atoms with van der Waals surface area (Å²) < 4.78 is 0. The van der Waals surface area contributed by atoms with E-state index in [0.29, 0.717) is 12.8 Å². The van der Waals surface area contributed by atoms with Gasteiger partial charge in [0.15, 0.2) is 0 Å². The van der Waals surface area contributed by atoms with Crippen molar-refractivity contribution in [3.05, 3.63) is 23.8 Å². The molecule has 0 atom stereocenters. The number of carbonyl (C=O) groups excluding carboxylic acids is 1. The van der Waals surface area contributed by atoms with Crippen molar-refractivity contribution in [2.75, 3.05) is 0 Å². The average Bonchev–Trinajstić information content (AvgIpc) is 2.25. The standard InChI is InChI=1S/C14H23N3O/c1-5-6-11-9-10-15-12(16-11)7-8-13(18)17-14(2,3)4/h9-10H,5-8H2,1-4H3,(H,17,18). The monoisotopic (exact) mass is 249 g/mol. The Morgan fingerprint density at radius 1 is 1.33 bits per heavy atom. The van der Waals surface area contributed by atoms with Crippen LogP contribution in [0.4, 0.5) is 0 Å². The van der Waals surface area contributed by atoms with Crippen molar-refractivity contribution in [2.45, 2.75) is 58.9 Å². The molecule has 0 aromatic carbocycles. The van der Waals surface area contributed by atoms with Crippen molar-refractivity contribution in [3.63, 3.8) is 0 Å². The minimum absolute atomic E-state index is 0.0481. The molecule has 18 heavy (non-hydrogen) atoms. The Morgan fingerprint density at radius 2 is 2.06 bits per heavy atom. The summed E-state index contributed by atoms with van der Waals surface area (Å²) in [6.07, 6.45) is 4.84. The summed E-state index contributed by atoms with van der Waals surface area (Å²) in [5, 5.41) is 2.93. The van der Waals surface area contributed by atoms with Gasteiger partial charge in [-0.1, -0.05) is 13.3 Å². The predicted octanol–water partition coefficient (Wildman–Crippen LogP) is 2.28. The maximum absolute atomic E-state index is 11.7. The maximum Gasteiger partial charge on any atom is 0.220 e. The molecule has 1 N–H and O–H groups in total. The normalized spacial score (nSPS) is 11.3. The van der Waals surface area contributed by atoms with E-state index in [1.807, 2.05) is 26.8 Å². The zero-order valence-corrected chi connectivity index (χ0v) is 11.8. The van der Waals surface area contributed by atoms with Crippen molar-refractivity contribution >= 4 is 5.91 Å². The Kier molecular flexibility index (Phi) is 5.25. The van der Waals surface area contributed by atoms with E-state index in [0.717, 1.165) is 24.4 Å². The highest BCUT2D eigenvalue weighted by Crippen LogP contribution is 2.03. The first-order chi connectivity index (χ1) is 8.40. The number of aryl methyl sites for hydroxylation is 2. The highest BCUT2D eigenvalue weighted by Gasteiger charge is 2.13. The van der Waals surface area contributed by atoms with Crippen LogP contribution in [-0.4, -0.2) is 21.4 Å². The molecule has 1 aromatic rings. The molecule has 0 unspecified atom stereocenters. The lowest BCUT2D eigenvalue weighted by Crippen LogP contribution is -2.40. The molecule has 4 heteroatoms. The van der Waals surface area contributed by atoms with Gasteiger partial charge >= 0.3 is 0 Å². The van der Waals surface area contributed by atoms with Crippen LogP contribution in [0.3, 0.4) is 0 Å². The van der Waals surface area contributed by atoms with Crippen LogP contribution in [0.2, 0.25) is 0 Å². The molecule has 0 saturated heterocycles. The highest BCUT2D eigenvalue weighted by atomic mass is 16.1. The molecule has 1 aromatic heterocycles. The molecule has 0 aliphatic heterocycles. The van der Waals surface area contributed by atoms with Crippen LogP contribution in [0.15, 0.2) is 12.3 Å². The molecule has 0 fully saturated rings. The van der Waals surface area contributed by atoms with E-state index in [4.69, 9.17) is 0 Å². The lowest BCUT2D eigenvalue weighted by Gasteiger charge is -2.20. The summed E-state index contributed by atoms with van der Waals surface area (Å²) in [7, 11) is 0. The molecule has 0 aliphatic carbocycles. The van der Waals surface area contributed by atoms with Crippen LogP contribution in [0, 0.1) is 0 Å². The molecular weight excluding hydrogens is 226 g/mol. The molecule has 0 saturated carbocycles. The van der Waals surface area contributed by atoms with Gasteiger partial charge < -0.3 is 5.32 Å². The van der Waals surface area contributed by atoms with Crippen molar-refractivity contribution in [2.24, 2.45) is 0 Å². The fourth-order valence-electron chi connectivity index (χ4n) is 1.66. The van der Waals surface area contributed by atoms with Gasteiger partial charge in [-0.3, -0.25) is 4.79 Å². The van der Waals surface area contributed by atoms with Crippen molar-refractivity contribution < 1.29 is 4.79 Å². The zero-order chi connectivity index (χ0) is 13.6. The van der Waals surface area contributed by atoms with Gasteiger partial charge in [0.1, 0.15) is 5.82 Å². The van der Waals surface area contributed by atoms with Gasteiger partial charge in [-0.2, -0.15) is 0 Å². The number of hydrogen-bond donors (Lipinski definition) is 1. The summed E-state index contributed by atoms with van der Waals surface area (Å²) in [5.41, 5.74) is 0.876. The van der Waals surface area contributed by atoms with Crippen LogP contribution in [0.5, 0.6) is 0 Å². The molecule has 0 aliphatic rings. The molecule has 0 spiro atoms. The zero-order valence-electron chi connectivity index (χ0n) is 11.8. The van der Waals surface area contributed by atoms with Crippen LogP contribution < -0.4 is 5.32 Å². The third kappa shape index (κ3) is 5.75. The van der Waals surface area contributed by atoms with Crippen LogP contribution in [0.1, 0.15) is 52.1 Å². The lowest BCUT2D eigenvalue weighted by molar-refractivity contribution is -0.122. The minimum Gasteiger partial charge on any atom is -0.351 e. The van der Waals surface area contributed by atoms with E-state index in [2.05, 4.69) is 22.2 Å². The molecule has 100 valence electrons. The Morgan fingerprint density at radius 3 is 2.67 bits per heavy atom. The Balaban J connectivity index is 2.48. The van der Waals surface area contributed by atoms with E-state index < -0.39 is 0 Å². The first kappa shape index (κ1) is 14.6. The number of aromatic nitrogens is 2. The van der Waals surface area contributed by atoms with Crippen LogP contribution in [-0.2, 0) is 17.6 Å². The van der Waals surface area contributed by atoms with E-state index in [1.165, 1.54) is 0 Å². The molecule has 0 radical (unpaired) electrons. The summed E-state index contributed by atoms with van der Waals surface area (Å²) >= 11 is 0. The van der Waals surface area contributed by atoms with Gasteiger partial charge in [0, 0.05) is 30.3 Å². The molecular formula is C14H23N3O. The van der Waals surface area contributed by atoms with Crippen LogP contribution >= 0.6 is 0 Å². The molecule has 1 heterocycles. The second kappa shape index (κ2) is 6.47.